The molecular weight excluding hydrogens is 550 g/mol. The third-order valence-corrected chi connectivity index (χ3v) is 7.76. The van der Waals surface area contributed by atoms with Crippen molar-refractivity contribution >= 4 is 75.6 Å². The monoisotopic (exact) mass is 563 g/mol. The van der Waals surface area contributed by atoms with Gasteiger partial charge in [-0.3, -0.25) is 19.3 Å². The van der Waals surface area contributed by atoms with Gasteiger partial charge in [0.15, 0.2) is 0 Å². The van der Waals surface area contributed by atoms with E-state index in [0.29, 0.717) is 0 Å². The van der Waals surface area contributed by atoms with Crippen molar-refractivity contribution in [2.45, 2.75) is 23.9 Å². The quantitative estimate of drug-likeness (QED) is 0.480. The number of halogens is 6. The largest absolute Gasteiger partial charge is 0.481 e. The van der Waals surface area contributed by atoms with E-state index >= 15 is 8.78 Å². The summed E-state index contributed by atoms with van der Waals surface area (Å²) < 4.78 is 30.5. The zero-order chi connectivity index (χ0) is 25.4. The standard InChI is InChI=1S/C22H15Cl4F2N3O4/c23-8-3-9(24)5-11(4-8)29-18(32)14-15(19(33)34)22(31-2-1-21(27,28)17(14)31)12-6-10(25)7-13(26)16(12)30-20(22)35/h3-7,14-15,17H,1-2H2,(H,29,32)(H,30,35)(H,33,34). The lowest BCUT2D eigenvalue weighted by molar-refractivity contribution is -0.152. The number of anilines is 2. The Morgan fingerprint density at radius 1 is 1.06 bits per heavy atom. The number of amides is 2. The number of benzene rings is 2. The molecule has 7 nitrogen and oxygen atoms in total. The molecule has 5 rings (SSSR count). The molecule has 0 aliphatic carbocycles. The first-order valence-electron chi connectivity index (χ1n) is 10.3. The molecule has 2 fully saturated rings. The fraction of sp³-hybridized carbons (Fsp3) is 0.318. The third kappa shape index (κ3) is 3.51. The minimum absolute atomic E-state index is 0.0193. The molecule has 0 radical (unpaired) electrons. The van der Waals surface area contributed by atoms with Crippen molar-refractivity contribution in [1.82, 2.24) is 4.90 Å². The van der Waals surface area contributed by atoms with Gasteiger partial charge in [0.05, 0.1) is 22.7 Å². The first-order valence-corrected chi connectivity index (χ1v) is 11.8. The molecule has 3 aliphatic heterocycles. The average Bonchev–Trinajstić information content (AvgIpc) is 3.32. The van der Waals surface area contributed by atoms with Crippen LogP contribution in [0.1, 0.15) is 12.0 Å². The summed E-state index contributed by atoms with van der Waals surface area (Å²) in [6, 6.07) is 4.87. The van der Waals surface area contributed by atoms with Gasteiger partial charge >= 0.3 is 5.97 Å². The van der Waals surface area contributed by atoms with Gasteiger partial charge in [0, 0.05) is 39.3 Å². The van der Waals surface area contributed by atoms with Crippen LogP contribution in [0.25, 0.3) is 0 Å². The highest BCUT2D eigenvalue weighted by molar-refractivity contribution is 6.38. The summed E-state index contributed by atoms with van der Waals surface area (Å²) in [5, 5.41) is 15.7. The Balaban J connectivity index is 1.70. The van der Waals surface area contributed by atoms with Gasteiger partial charge in [0.2, 0.25) is 5.91 Å². The first kappa shape index (κ1) is 24.5. The minimum Gasteiger partial charge on any atom is -0.481 e. The maximum atomic E-state index is 15.3. The van der Waals surface area contributed by atoms with Crippen molar-refractivity contribution in [3.63, 3.8) is 0 Å². The molecule has 4 atom stereocenters. The van der Waals surface area contributed by atoms with E-state index in [2.05, 4.69) is 10.6 Å². The maximum absolute atomic E-state index is 15.3. The zero-order valence-electron chi connectivity index (χ0n) is 17.4. The van der Waals surface area contributed by atoms with E-state index in [1.807, 2.05) is 0 Å². The van der Waals surface area contributed by atoms with E-state index in [1.165, 1.54) is 30.3 Å². The predicted molar refractivity (Wildman–Crippen MR) is 127 cm³/mol. The Morgan fingerprint density at radius 3 is 2.31 bits per heavy atom. The van der Waals surface area contributed by atoms with E-state index in [0.717, 1.165) is 4.90 Å². The number of carboxylic acid groups (broad SMARTS) is 1. The lowest BCUT2D eigenvalue weighted by atomic mass is 9.73. The van der Waals surface area contributed by atoms with E-state index < -0.39 is 53.5 Å². The third-order valence-electron chi connectivity index (χ3n) is 6.81. The number of hydrogen-bond acceptors (Lipinski definition) is 4. The second kappa shape index (κ2) is 8.18. The summed E-state index contributed by atoms with van der Waals surface area (Å²) in [5.41, 5.74) is -1.93. The SMILES string of the molecule is O=C(Nc1cc(Cl)cc(Cl)c1)C1C2N(CCC2(F)F)C2(C(=O)Nc3c(Cl)cc(Cl)cc32)C1C(=O)O. The van der Waals surface area contributed by atoms with Gasteiger partial charge < -0.3 is 15.7 Å². The van der Waals surface area contributed by atoms with Gasteiger partial charge in [-0.05, 0) is 30.3 Å². The number of nitrogens with zero attached hydrogens (tertiary/aromatic N) is 1. The molecule has 0 bridgehead atoms. The molecule has 2 amide bonds. The number of hydrogen-bond donors (Lipinski definition) is 3. The predicted octanol–water partition coefficient (Wildman–Crippen LogP) is 5.13. The number of fused-ring (bicyclic) bond motifs is 4. The summed E-state index contributed by atoms with van der Waals surface area (Å²) in [6.07, 6.45) is -0.671. The van der Waals surface area contributed by atoms with Crippen LogP contribution in [0, 0.1) is 11.8 Å². The topological polar surface area (TPSA) is 98.7 Å². The number of rotatable bonds is 3. The smallest absolute Gasteiger partial charge is 0.310 e. The van der Waals surface area contributed by atoms with E-state index in [4.69, 9.17) is 46.4 Å². The molecule has 0 saturated carbocycles. The number of carboxylic acids is 1. The van der Waals surface area contributed by atoms with Crippen LogP contribution in [0.3, 0.4) is 0 Å². The number of carbonyl (C=O) groups is 3. The Bertz CT molecular complexity index is 1290. The highest BCUT2D eigenvalue weighted by Gasteiger charge is 2.76. The molecule has 13 heteroatoms. The van der Waals surface area contributed by atoms with Crippen molar-refractivity contribution < 1.29 is 28.3 Å². The summed E-state index contributed by atoms with van der Waals surface area (Å²) >= 11 is 24.4. The first-order chi connectivity index (χ1) is 16.4. The molecule has 3 heterocycles. The number of aliphatic carboxylic acids is 1. The summed E-state index contributed by atoms with van der Waals surface area (Å²) in [6.45, 7) is -0.328. The lowest BCUT2D eigenvalue weighted by Crippen LogP contribution is -2.53. The number of nitrogens with one attached hydrogen (secondary N) is 2. The fourth-order valence-electron chi connectivity index (χ4n) is 5.66. The molecule has 3 aliphatic rings. The zero-order valence-corrected chi connectivity index (χ0v) is 20.4. The molecule has 1 spiro atoms. The molecule has 184 valence electrons. The van der Waals surface area contributed by atoms with Crippen LogP contribution in [-0.2, 0) is 19.9 Å². The molecule has 2 aromatic carbocycles. The lowest BCUT2D eigenvalue weighted by Gasteiger charge is -2.35. The van der Waals surface area contributed by atoms with Crippen molar-refractivity contribution in [3.8, 4) is 0 Å². The highest BCUT2D eigenvalue weighted by Crippen LogP contribution is 2.61. The number of carbonyl (C=O) groups excluding carboxylic acids is 2. The molecule has 2 aromatic rings. The molecule has 4 unspecified atom stereocenters. The number of alkyl halides is 2. The van der Waals surface area contributed by atoms with Gasteiger partial charge in [0.1, 0.15) is 11.5 Å². The van der Waals surface area contributed by atoms with Crippen molar-refractivity contribution in [2.75, 3.05) is 17.2 Å². The van der Waals surface area contributed by atoms with Gasteiger partial charge in [-0.15, -0.1) is 0 Å². The average molecular weight is 565 g/mol. The van der Waals surface area contributed by atoms with Crippen LogP contribution in [-0.4, -0.2) is 46.3 Å². The van der Waals surface area contributed by atoms with Gasteiger partial charge in [-0.25, -0.2) is 8.78 Å². The molecule has 0 aromatic heterocycles. The van der Waals surface area contributed by atoms with Gasteiger partial charge in [-0.1, -0.05) is 46.4 Å². The van der Waals surface area contributed by atoms with Crippen LogP contribution in [0.2, 0.25) is 20.1 Å². The fourth-order valence-corrected chi connectivity index (χ4v) is 6.73. The van der Waals surface area contributed by atoms with Crippen LogP contribution >= 0.6 is 46.4 Å². The van der Waals surface area contributed by atoms with Crippen LogP contribution in [0.5, 0.6) is 0 Å². The van der Waals surface area contributed by atoms with E-state index in [9.17, 15) is 19.5 Å². The highest BCUT2D eigenvalue weighted by atomic mass is 35.5. The van der Waals surface area contributed by atoms with Crippen LogP contribution < -0.4 is 10.6 Å². The minimum atomic E-state index is -3.46. The Morgan fingerprint density at radius 2 is 1.69 bits per heavy atom. The second-order valence-electron chi connectivity index (χ2n) is 8.67. The van der Waals surface area contributed by atoms with Crippen molar-refractivity contribution in [2.24, 2.45) is 11.8 Å². The Labute approximate surface area is 217 Å². The normalized spacial score (nSPS) is 28.6. The van der Waals surface area contributed by atoms with Crippen LogP contribution in [0.15, 0.2) is 30.3 Å². The molecule has 35 heavy (non-hydrogen) atoms. The van der Waals surface area contributed by atoms with Gasteiger partial charge in [0.25, 0.3) is 11.8 Å². The van der Waals surface area contributed by atoms with E-state index in [1.54, 1.807) is 0 Å². The summed E-state index contributed by atoms with van der Waals surface area (Å²) in [5.74, 6) is -10.7. The van der Waals surface area contributed by atoms with Crippen LogP contribution in [0.4, 0.5) is 20.2 Å². The Kier molecular flexibility index (Phi) is 5.73. The Hall–Kier alpha value is -2.17. The molecule has 3 N–H and O–H groups in total. The second-order valence-corrected chi connectivity index (χ2v) is 10.4. The van der Waals surface area contributed by atoms with Crippen molar-refractivity contribution in [1.29, 1.82) is 0 Å². The maximum Gasteiger partial charge on any atom is 0.310 e. The molecular formula is C22H15Cl4F2N3O4. The summed E-state index contributed by atoms with van der Waals surface area (Å²) in [4.78, 5) is 40.7. The van der Waals surface area contributed by atoms with E-state index in [-0.39, 0.29) is 43.6 Å². The molecule has 2 saturated heterocycles. The summed E-state index contributed by atoms with van der Waals surface area (Å²) in [7, 11) is 0. The van der Waals surface area contributed by atoms with Gasteiger partial charge in [-0.2, -0.15) is 0 Å². The van der Waals surface area contributed by atoms with Crippen molar-refractivity contribution in [3.05, 3.63) is 56.0 Å².